The SMILES string of the molecule is CC(O)[C@H](N)C(=O)N(C)C.Cl. The summed E-state index contributed by atoms with van der Waals surface area (Å²) in [6, 6.07) is -0.796. The van der Waals surface area contributed by atoms with Gasteiger partial charge in [-0.05, 0) is 6.92 Å². The van der Waals surface area contributed by atoms with Crippen molar-refractivity contribution in [1.82, 2.24) is 4.90 Å². The lowest BCUT2D eigenvalue weighted by atomic mass is 10.2. The molecular formula is C6H15ClN2O2. The Bertz CT molecular complexity index is 128. The Morgan fingerprint density at radius 2 is 1.91 bits per heavy atom. The number of halogens is 1. The minimum Gasteiger partial charge on any atom is -0.391 e. The molecule has 0 aliphatic carbocycles. The molecule has 3 N–H and O–H groups in total. The Labute approximate surface area is 72.8 Å². The molecule has 0 heterocycles. The van der Waals surface area contributed by atoms with Crippen LogP contribution in [0.5, 0.6) is 0 Å². The summed E-state index contributed by atoms with van der Waals surface area (Å²) in [5.74, 6) is -0.255. The van der Waals surface area contributed by atoms with Crippen LogP contribution >= 0.6 is 12.4 Å². The molecule has 0 spiro atoms. The minimum absolute atomic E-state index is 0. The minimum atomic E-state index is -0.796. The van der Waals surface area contributed by atoms with Crippen LogP contribution in [0.15, 0.2) is 0 Å². The van der Waals surface area contributed by atoms with Crippen LogP contribution in [0.2, 0.25) is 0 Å². The highest BCUT2D eigenvalue weighted by Gasteiger charge is 2.19. The van der Waals surface area contributed by atoms with E-state index >= 15 is 0 Å². The molecular weight excluding hydrogens is 168 g/mol. The predicted octanol–water partition coefficient (Wildman–Crippen LogP) is -0.796. The molecule has 0 aliphatic heterocycles. The Hall–Kier alpha value is -0.320. The Kier molecular flexibility index (Phi) is 6.46. The number of nitrogens with two attached hydrogens (primary N) is 1. The summed E-state index contributed by atoms with van der Waals surface area (Å²) < 4.78 is 0. The van der Waals surface area contributed by atoms with Crippen molar-refractivity contribution in [3.63, 3.8) is 0 Å². The molecule has 11 heavy (non-hydrogen) atoms. The monoisotopic (exact) mass is 182 g/mol. The van der Waals surface area contributed by atoms with Gasteiger partial charge in [-0.15, -0.1) is 12.4 Å². The molecule has 5 heteroatoms. The van der Waals surface area contributed by atoms with Crippen molar-refractivity contribution in [2.45, 2.75) is 19.1 Å². The highest BCUT2D eigenvalue weighted by atomic mass is 35.5. The number of amides is 1. The van der Waals surface area contributed by atoms with Gasteiger partial charge >= 0.3 is 0 Å². The van der Waals surface area contributed by atoms with Gasteiger partial charge in [0.15, 0.2) is 0 Å². The van der Waals surface area contributed by atoms with Crippen molar-refractivity contribution in [1.29, 1.82) is 0 Å². The van der Waals surface area contributed by atoms with Crippen LogP contribution in [0, 0.1) is 0 Å². The fourth-order valence-corrected chi connectivity index (χ4v) is 0.504. The van der Waals surface area contributed by atoms with E-state index in [-0.39, 0.29) is 18.3 Å². The molecule has 4 nitrogen and oxygen atoms in total. The molecule has 0 fully saturated rings. The van der Waals surface area contributed by atoms with Gasteiger partial charge in [-0.1, -0.05) is 0 Å². The molecule has 0 bridgehead atoms. The lowest BCUT2D eigenvalue weighted by Crippen LogP contribution is -2.46. The summed E-state index contributed by atoms with van der Waals surface area (Å²) in [6.07, 6.45) is -0.783. The first-order valence-electron chi connectivity index (χ1n) is 3.11. The normalized spacial score (nSPS) is 14.6. The molecule has 0 rings (SSSR count). The number of carbonyl (C=O) groups is 1. The Balaban J connectivity index is 0. The average Bonchev–Trinajstić information content (AvgIpc) is 1.84. The third kappa shape index (κ3) is 4.19. The second-order valence-electron chi connectivity index (χ2n) is 2.50. The van der Waals surface area contributed by atoms with Crippen molar-refractivity contribution in [3.8, 4) is 0 Å². The summed E-state index contributed by atoms with van der Waals surface area (Å²) >= 11 is 0. The van der Waals surface area contributed by atoms with Gasteiger partial charge in [-0.25, -0.2) is 0 Å². The fourth-order valence-electron chi connectivity index (χ4n) is 0.504. The molecule has 0 aliphatic rings. The van der Waals surface area contributed by atoms with Crippen LogP contribution in [-0.2, 0) is 4.79 Å². The van der Waals surface area contributed by atoms with Crippen LogP contribution < -0.4 is 5.73 Å². The third-order valence-corrected chi connectivity index (χ3v) is 1.25. The van der Waals surface area contributed by atoms with Crippen LogP contribution in [0.3, 0.4) is 0 Å². The van der Waals surface area contributed by atoms with Crippen LogP contribution in [0.1, 0.15) is 6.92 Å². The third-order valence-electron chi connectivity index (χ3n) is 1.25. The highest BCUT2D eigenvalue weighted by Crippen LogP contribution is 1.91. The molecule has 68 valence electrons. The van der Waals surface area contributed by atoms with Crippen molar-refractivity contribution < 1.29 is 9.90 Å². The van der Waals surface area contributed by atoms with Crippen molar-refractivity contribution >= 4 is 18.3 Å². The second-order valence-corrected chi connectivity index (χ2v) is 2.50. The number of hydrogen-bond acceptors (Lipinski definition) is 3. The highest BCUT2D eigenvalue weighted by molar-refractivity contribution is 5.85. The summed E-state index contributed by atoms with van der Waals surface area (Å²) in [5.41, 5.74) is 5.32. The van der Waals surface area contributed by atoms with Gasteiger partial charge in [0.1, 0.15) is 6.04 Å². The Morgan fingerprint density at radius 3 is 2.00 bits per heavy atom. The maximum absolute atomic E-state index is 10.9. The summed E-state index contributed by atoms with van der Waals surface area (Å²) in [7, 11) is 3.20. The van der Waals surface area contributed by atoms with Gasteiger partial charge in [0, 0.05) is 14.1 Å². The van der Waals surface area contributed by atoms with E-state index in [2.05, 4.69) is 0 Å². The van der Waals surface area contributed by atoms with E-state index in [1.807, 2.05) is 0 Å². The predicted molar refractivity (Wildman–Crippen MR) is 45.6 cm³/mol. The van der Waals surface area contributed by atoms with Gasteiger partial charge in [-0.2, -0.15) is 0 Å². The van der Waals surface area contributed by atoms with Gasteiger partial charge in [0.05, 0.1) is 6.10 Å². The van der Waals surface area contributed by atoms with Crippen LogP contribution in [-0.4, -0.2) is 42.2 Å². The van der Waals surface area contributed by atoms with E-state index in [9.17, 15) is 4.79 Å². The zero-order valence-corrected chi connectivity index (χ0v) is 7.76. The zero-order valence-electron chi connectivity index (χ0n) is 6.94. The average molecular weight is 183 g/mol. The van der Waals surface area contributed by atoms with Gasteiger partial charge in [0.25, 0.3) is 0 Å². The second kappa shape index (κ2) is 5.35. The smallest absolute Gasteiger partial charge is 0.241 e. The van der Waals surface area contributed by atoms with Crippen LogP contribution in [0.4, 0.5) is 0 Å². The van der Waals surface area contributed by atoms with E-state index in [0.717, 1.165) is 0 Å². The molecule has 0 radical (unpaired) electrons. The molecule has 2 atom stereocenters. The van der Waals surface area contributed by atoms with E-state index in [0.29, 0.717) is 0 Å². The van der Waals surface area contributed by atoms with E-state index < -0.39 is 12.1 Å². The number of aliphatic hydroxyl groups excluding tert-OH is 1. The number of nitrogens with zero attached hydrogens (tertiary/aromatic N) is 1. The molecule has 1 amide bonds. The molecule has 0 saturated heterocycles. The van der Waals surface area contributed by atoms with E-state index in [1.165, 1.54) is 11.8 Å². The molecule has 1 unspecified atom stereocenters. The standard InChI is InChI=1S/C6H14N2O2.ClH/c1-4(9)5(7)6(10)8(2)3;/h4-5,9H,7H2,1-3H3;1H/t4?,5-;/m0./s1. The largest absolute Gasteiger partial charge is 0.391 e. The number of hydrogen-bond donors (Lipinski definition) is 2. The molecule has 0 aromatic heterocycles. The number of aliphatic hydroxyl groups is 1. The summed E-state index contributed by atoms with van der Waals surface area (Å²) in [4.78, 5) is 12.3. The van der Waals surface area contributed by atoms with Gasteiger partial charge in [0.2, 0.25) is 5.91 Å². The lowest BCUT2D eigenvalue weighted by molar-refractivity contribution is -0.132. The summed E-state index contributed by atoms with van der Waals surface area (Å²) in [6.45, 7) is 1.49. The first-order chi connectivity index (χ1) is 4.46. The van der Waals surface area contributed by atoms with Crippen molar-refractivity contribution in [2.75, 3.05) is 14.1 Å². The van der Waals surface area contributed by atoms with Crippen LogP contribution in [0.25, 0.3) is 0 Å². The summed E-state index contributed by atoms with van der Waals surface area (Å²) in [5, 5.41) is 8.87. The lowest BCUT2D eigenvalue weighted by Gasteiger charge is -2.18. The first-order valence-corrected chi connectivity index (χ1v) is 3.11. The first kappa shape index (κ1) is 13.3. The van der Waals surface area contributed by atoms with Crippen molar-refractivity contribution in [2.24, 2.45) is 5.73 Å². The quantitative estimate of drug-likeness (QED) is 0.588. The maximum Gasteiger partial charge on any atom is 0.241 e. The number of carbonyl (C=O) groups excluding carboxylic acids is 1. The molecule has 0 saturated carbocycles. The fraction of sp³-hybridized carbons (Fsp3) is 0.833. The number of likely N-dealkylation sites (N-methyl/N-ethyl adjacent to an activating group) is 1. The van der Waals surface area contributed by atoms with Crippen molar-refractivity contribution in [3.05, 3.63) is 0 Å². The topological polar surface area (TPSA) is 66.6 Å². The maximum atomic E-state index is 10.9. The molecule has 0 aromatic rings. The van der Waals surface area contributed by atoms with E-state index in [4.69, 9.17) is 10.8 Å². The Morgan fingerprint density at radius 1 is 1.55 bits per heavy atom. The molecule has 0 aromatic carbocycles. The van der Waals surface area contributed by atoms with Gasteiger partial charge < -0.3 is 15.7 Å². The zero-order chi connectivity index (χ0) is 8.31. The number of rotatable bonds is 2. The van der Waals surface area contributed by atoms with Gasteiger partial charge in [-0.3, -0.25) is 4.79 Å². The van der Waals surface area contributed by atoms with E-state index in [1.54, 1.807) is 14.1 Å².